The van der Waals surface area contributed by atoms with Gasteiger partial charge in [0.1, 0.15) is 0 Å². The van der Waals surface area contributed by atoms with Gasteiger partial charge in [0.25, 0.3) is 0 Å². The summed E-state index contributed by atoms with van der Waals surface area (Å²) in [6, 6.07) is 5.43. The second-order valence-electron chi connectivity index (χ2n) is 3.49. The number of hydrogen-bond acceptors (Lipinski definition) is 4. The van der Waals surface area contributed by atoms with Crippen molar-refractivity contribution in [2.45, 2.75) is 17.7 Å². The molecule has 0 fully saturated rings. The first-order valence-electron chi connectivity index (χ1n) is 4.92. The van der Waals surface area contributed by atoms with E-state index in [1.807, 2.05) is 12.1 Å². The van der Waals surface area contributed by atoms with Crippen LogP contribution in [-0.4, -0.2) is 22.7 Å². The Morgan fingerprint density at radius 2 is 2.19 bits per heavy atom. The van der Waals surface area contributed by atoms with E-state index in [1.54, 1.807) is 17.8 Å². The van der Waals surface area contributed by atoms with Crippen molar-refractivity contribution in [1.82, 2.24) is 0 Å². The molecule has 1 heterocycles. The van der Waals surface area contributed by atoms with E-state index in [-0.39, 0.29) is 18.6 Å². The van der Waals surface area contributed by atoms with Crippen molar-refractivity contribution in [1.29, 1.82) is 0 Å². The normalized spacial score (nSPS) is 13.0. The van der Waals surface area contributed by atoms with E-state index in [9.17, 15) is 9.59 Å². The van der Waals surface area contributed by atoms with E-state index in [2.05, 4.69) is 5.32 Å². The van der Waals surface area contributed by atoms with Gasteiger partial charge in [-0.1, -0.05) is 0 Å². The average Bonchev–Trinajstić information content (AvgIpc) is 2.72. The lowest BCUT2D eigenvalue weighted by atomic mass is 10.1. The van der Waals surface area contributed by atoms with E-state index in [4.69, 9.17) is 5.11 Å². The van der Waals surface area contributed by atoms with E-state index < -0.39 is 5.97 Å². The maximum atomic E-state index is 11.7. The van der Waals surface area contributed by atoms with Crippen LogP contribution in [0, 0.1) is 0 Å². The maximum Gasteiger partial charge on any atom is 0.303 e. The number of carbonyl (C=O) groups excluding carboxylic acids is 1. The molecule has 0 bridgehead atoms. The van der Waals surface area contributed by atoms with E-state index >= 15 is 0 Å². The molecule has 0 saturated carbocycles. The van der Waals surface area contributed by atoms with Crippen molar-refractivity contribution in [3.05, 3.63) is 23.8 Å². The Bertz CT molecular complexity index is 445. The molecule has 0 atom stereocenters. The molecule has 16 heavy (non-hydrogen) atoms. The number of carboxylic acid groups (broad SMARTS) is 1. The Hall–Kier alpha value is -1.49. The van der Waals surface area contributed by atoms with Gasteiger partial charge in [0.2, 0.25) is 0 Å². The number of thioether (sulfide) groups is 1. The van der Waals surface area contributed by atoms with E-state index in [1.165, 1.54) is 0 Å². The number of ketones is 1. The molecule has 0 aliphatic carbocycles. The van der Waals surface area contributed by atoms with Crippen LogP contribution in [0.15, 0.2) is 23.1 Å². The predicted octanol–water partition coefficient (Wildman–Crippen LogP) is 2.21. The summed E-state index contributed by atoms with van der Waals surface area (Å²) >= 11 is 1.64. The molecule has 0 radical (unpaired) electrons. The lowest BCUT2D eigenvalue weighted by Gasteiger charge is -2.02. The molecule has 0 saturated heterocycles. The first-order valence-corrected chi connectivity index (χ1v) is 5.91. The van der Waals surface area contributed by atoms with Gasteiger partial charge >= 0.3 is 5.97 Å². The fourth-order valence-corrected chi connectivity index (χ4v) is 2.41. The van der Waals surface area contributed by atoms with Crippen molar-refractivity contribution in [3.63, 3.8) is 0 Å². The van der Waals surface area contributed by atoms with Gasteiger partial charge in [-0.05, 0) is 18.2 Å². The summed E-state index contributed by atoms with van der Waals surface area (Å²) in [7, 11) is 0. The summed E-state index contributed by atoms with van der Waals surface area (Å²) in [6.07, 6.45) is -0.0481. The molecule has 0 aromatic heterocycles. The standard InChI is InChI=1S/C11H11NO3S/c13-9(3-4-11(14)15)7-1-2-8-10(5-7)16-6-12-8/h1-2,5,12H,3-4,6H2,(H,14,15). The zero-order valence-corrected chi connectivity index (χ0v) is 9.34. The largest absolute Gasteiger partial charge is 0.481 e. The molecule has 5 heteroatoms. The number of aliphatic carboxylic acids is 1. The highest BCUT2D eigenvalue weighted by molar-refractivity contribution is 7.99. The summed E-state index contributed by atoms with van der Waals surface area (Å²) in [6.45, 7) is 0. The Balaban J connectivity index is 2.09. The van der Waals surface area contributed by atoms with Crippen LogP contribution in [0.25, 0.3) is 0 Å². The van der Waals surface area contributed by atoms with Crippen LogP contribution < -0.4 is 5.32 Å². The Morgan fingerprint density at radius 1 is 1.38 bits per heavy atom. The molecule has 84 valence electrons. The number of rotatable bonds is 4. The average molecular weight is 237 g/mol. The van der Waals surface area contributed by atoms with Gasteiger partial charge in [0.15, 0.2) is 5.78 Å². The number of anilines is 1. The zero-order valence-electron chi connectivity index (χ0n) is 8.53. The number of carbonyl (C=O) groups is 2. The highest BCUT2D eigenvalue weighted by Gasteiger charge is 2.14. The second kappa shape index (κ2) is 4.57. The molecule has 1 aliphatic rings. The summed E-state index contributed by atoms with van der Waals surface area (Å²) in [5.41, 5.74) is 1.64. The number of nitrogens with one attached hydrogen (secondary N) is 1. The highest BCUT2D eigenvalue weighted by Crippen LogP contribution is 2.34. The second-order valence-corrected chi connectivity index (χ2v) is 4.51. The van der Waals surface area contributed by atoms with Gasteiger partial charge in [-0.3, -0.25) is 9.59 Å². The molecule has 4 nitrogen and oxygen atoms in total. The van der Waals surface area contributed by atoms with Gasteiger partial charge in [0, 0.05) is 22.6 Å². The Morgan fingerprint density at radius 3 is 2.94 bits per heavy atom. The van der Waals surface area contributed by atoms with Crippen LogP contribution in [0.5, 0.6) is 0 Å². The lowest BCUT2D eigenvalue weighted by molar-refractivity contribution is -0.136. The van der Waals surface area contributed by atoms with Crippen LogP contribution in [0.3, 0.4) is 0 Å². The minimum atomic E-state index is -0.939. The predicted molar refractivity (Wildman–Crippen MR) is 62.0 cm³/mol. The SMILES string of the molecule is O=C(O)CCC(=O)c1ccc2c(c1)SCN2. The molecule has 2 rings (SSSR count). The van der Waals surface area contributed by atoms with Crippen molar-refractivity contribution < 1.29 is 14.7 Å². The number of hydrogen-bond donors (Lipinski definition) is 2. The smallest absolute Gasteiger partial charge is 0.303 e. The van der Waals surface area contributed by atoms with Crippen molar-refractivity contribution >= 4 is 29.2 Å². The van der Waals surface area contributed by atoms with Crippen LogP contribution >= 0.6 is 11.8 Å². The fraction of sp³-hybridized carbons (Fsp3) is 0.273. The first-order chi connectivity index (χ1) is 7.66. The number of fused-ring (bicyclic) bond motifs is 1. The highest BCUT2D eigenvalue weighted by atomic mass is 32.2. The van der Waals surface area contributed by atoms with Crippen molar-refractivity contribution in [3.8, 4) is 0 Å². The summed E-state index contributed by atoms with van der Waals surface area (Å²) in [4.78, 5) is 23.1. The van der Waals surface area contributed by atoms with Crippen LogP contribution in [-0.2, 0) is 4.79 Å². The molecule has 1 aromatic rings. The Kier molecular flexibility index (Phi) is 3.14. The van der Waals surface area contributed by atoms with Gasteiger partial charge < -0.3 is 10.4 Å². The number of Topliss-reactive ketones (excluding diaryl/α,β-unsaturated/α-hetero) is 1. The van der Waals surface area contributed by atoms with Crippen molar-refractivity contribution in [2.75, 3.05) is 11.2 Å². The third-order valence-corrected chi connectivity index (χ3v) is 3.30. The van der Waals surface area contributed by atoms with Gasteiger partial charge in [-0.25, -0.2) is 0 Å². The van der Waals surface area contributed by atoms with Gasteiger partial charge in [0.05, 0.1) is 12.3 Å². The Labute approximate surface area is 97.0 Å². The quantitative estimate of drug-likeness (QED) is 0.786. The van der Waals surface area contributed by atoms with Gasteiger partial charge in [-0.15, -0.1) is 11.8 Å². The van der Waals surface area contributed by atoms with Gasteiger partial charge in [-0.2, -0.15) is 0 Å². The van der Waals surface area contributed by atoms with E-state index in [0.717, 1.165) is 16.5 Å². The molecule has 1 aliphatic heterocycles. The third-order valence-electron chi connectivity index (χ3n) is 2.36. The first kappa shape index (κ1) is 11.0. The third kappa shape index (κ3) is 2.36. The van der Waals surface area contributed by atoms with Crippen molar-refractivity contribution in [2.24, 2.45) is 0 Å². The van der Waals surface area contributed by atoms with Crippen LogP contribution in [0.1, 0.15) is 23.2 Å². The summed E-state index contributed by atoms with van der Waals surface area (Å²) in [5.74, 6) is -0.231. The molecule has 2 N–H and O–H groups in total. The minimum absolute atomic E-state index is 0.0617. The molecule has 0 spiro atoms. The number of carboxylic acids is 1. The topological polar surface area (TPSA) is 66.4 Å². The maximum absolute atomic E-state index is 11.7. The zero-order chi connectivity index (χ0) is 11.5. The van der Waals surface area contributed by atoms with Crippen LogP contribution in [0.2, 0.25) is 0 Å². The minimum Gasteiger partial charge on any atom is -0.481 e. The molecule has 0 amide bonds. The molecular formula is C11H11NO3S. The molecule has 1 aromatic carbocycles. The summed E-state index contributed by atoms with van der Waals surface area (Å²) in [5, 5.41) is 11.7. The monoisotopic (exact) mass is 237 g/mol. The molecular weight excluding hydrogens is 226 g/mol. The fourth-order valence-electron chi connectivity index (χ4n) is 1.52. The van der Waals surface area contributed by atoms with Crippen LogP contribution in [0.4, 0.5) is 5.69 Å². The summed E-state index contributed by atoms with van der Waals surface area (Å²) < 4.78 is 0. The van der Waals surface area contributed by atoms with E-state index in [0.29, 0.717) is 5.56 Å². The lowest BCUT2D eigenvalue weighted by Crippen LogP contribution is -2.03. The molecule has 0 unspecified atom stereocenters. The number of benzene rings is 1.